The number of para-hydroxylation sites is 4. The minimum Gasteiger partial charge on any atom is -0.336 e. The normalized spacial score (nSPS) is 12.5. The monoisotopic (exact) mass is 1040 g/mol. The highest BCUT2D eigenvalue weighted by molar-refractivity contribution is 7.07. The number of anilines is 2. The summed E-state index contributed by atoms with van der Waals surface area (Å²) in [5, 5.41) is 7.00. The molecule has 1 aliphatic rings. The second-order valence-electron chi connectivity index (χ2n) is 24.2. The highest BCUT2D eigenvalue weighted by Gasteiger charge is 2.29. The fourth-order valence-electron chi connectivity index (χ4n) is 10.2. The maximum Gasteiger partial charge on any atom is 0.0995 e. The topological polar surface area (TPSA) is 67.7 Å². The van der Waals surface area contributed by atoms with E-state index in [-0.39, 0.29) is 21.8 Å². The quantitative estimate of drug-likeness (QED) is 0.176. The molecule has 12 rings (SSSR count). The average molecular weight is 1040 g/mol. The number of fused-ring (bicyclic) bond motifs is 5. The van der Waals surface area contributed by atoms with Crippen LogP contribution in [0.15, 0.2) is 205 Å². The SMILES string of the molecule is CC(C)(C)N1c2ccccc2CCc2ccccc21.CC(C)(C)c1cc(-c2ccccn2)nc2ccccc12.CC(C)(C)c1cc(-c2cscn2)nc2ccccc12.CC(C)(C)c1nc(-c2ccccc2)cc2ccccc12. The lowest BCUT2D eigenvalue weighted by Crippen LogP contribution is -2.38. The summed E-state index contributed by atoms with van der Waals surface area (Å²) in [6.45, 7) is 26.9. The molecule has 0 fully saturated rings. The zero-order valence-corrected chi connectivity index (χ0v) is 48.5. The minimum absolute atomic E-state index is 0.0321. The van der Waals surface area contributed by atoms with Crippen LogP contribution >= 0.6 is 11.3 Å². The largest absolute Gasteiger partial charge is 0.336 e. The molecular weight excluding hydrogens is 969 g/mol. The van der Waals surface area contributed by atoms with Crippen molar-refractivity contribution in [1.29, 1.82) is 0 Å². The van der Waals surface area contributed by atoms with E-state index in [1.807, 2.05) is 53.5 Å². The fraction of sp³-hybridized carbons (Fsp3) is 0.254. The van der Waals surface area contributed by atoms with Gasteiger partial charge in [0.1, 0.15) is 0 Å². The summed E-state index contributed by atoms with van der Waals surface area (Å²) in [6.07, 6.45) is 4.06. The first-order valence-corrected chi connectivity index (χ1v) is 28.2. The van der Waals surface area contributed by atoms with Crippen molar-refractivity contribution in [3.63, 3.8) is 0 Å². The van der Waals surface area contributed by atoms with Gasteiger partial charge in [-0.3, -0.25) is 9.97 Å². The predicted molar refractivity (Wildman–Crippen MR) is 333 cm³/mol. The van der Waals surface area contributed by atoms with Gasteiger partial charge in [-0.05, 0) is 127 Å². The molecule has 394 valence electrons. The lowest BCUT2D eigenvalue weighted by molar-refractivity contribution is 0.559. The van der Waals surface area contributed by atoms with Crippen molar-refractivity contribution in [1.82, 2.24) is 24.9 Å². The van der Waals surface area contributed by atoms with E-state index in [1.165, 1.54) is 60.7 Å². The van der Waals surface area contributed by atoms with Crippen LogP contribution in [0.3, 0.4) is 0 Å². The number of hydrogen-bond donors (Lipinski definition) is 0. The van der Waals surface area contributed by atoms with Gasteiger partial charge in [-0.2, -0.15) is 0 Å². The van der Waals surface area contributed by atoms with Gasteiger partial charge in [-0.25, -0.2) is 15.0 Å². The van der Waals surface area contributed by atoms with Gasteiger partial charge in [-0.1, -0.05) is 196 Å². The molecule has 0 atom stereocenters. The number of aryl methyl sites for hydroxylation is 2. The standard InChI is InChI=1S/C19H19N.C18H18N2.C18H21N.C16H16N2S/c1-19(2,3)18-16-12-8-7-11-15(16)13-17(20-18)14-9-5-4-6-10-14;1-18(2,3)14-12-17(16-10-6-7-11-19-16)20-15-9-5-4-8-13(14)15;1-18(2,3)19-16-10-6-4-8-14(16)12-13-15-9-5-7-11-17(15)19;1-16(2,3)12-8-14(15-9-19-10-17-15)18-13-7-5-4-6-11(12)13/h4-13H,1-3H3;4-12H,1-3H3;4-11H,12-13H2,1-3H3;4-10H,1-3H3. The Morgan fingerprint density at radius 1 is 0.397 bits per heavy atom. The molecule has 0 radical (unpaired) electrons. The van der Waals surface area contributed by atoms with Crippen molar-refractivity contribution < 1.29 is 0 Å². The highest BCUT2D eigenvalue weighted by atomic mass is 32.1. The molecule has 0 unspecified atom stereocenters. The highest BCUT2D eigenvalue weighted by Crippen LogP contribution is 2.41. The third-order valence-corrected chi connectivity index (χ3v) is 14.6. The molecule has 0 saturated heterocycles. The van der Waals surface area contributed by atoms with Gasteiger partial charge in [0.05, 0.1) is 50.7 Å². The number of hydrogen-bond acceptors (Lipinski definition) is 7. The molecule has 0 amide bonds. The average Bonchev–Trinajstić information content (AvgIpc) is 3.94. The second kappa shape index (κ2) is 23.0. The fourth-order valence-corrected chi connectivity index (χ4v) is 10.8. The van der Waals surface area contributed by atoms with Crippen molar-refractivity contribution in [2.24, 2.45) is 0 Å². The van der Waals surface area contributed by atoms with Crippen LogP contribution < -0.4 is 4.90 Å². The van der Waals surface area contributed by atoms with Gasteiger partial charge < -0.3 is 4.90 Å². The van der Waals surface area contributed by atoms with Crippen LogP contribution in [0.25, 0.3) is 66.6 Å². The maximum atomic E-state index is 4.94. The van der Waals surface area contributed by atoms with Gasteiger partial charge in [0.25, 0.3) is 0 Å². The number of aromatic nitrogens is 5. The van der Waals surface area contributed by atoms with Gasteiger partial charge >= 0.3 is 0 Å². The van der Waals surface area contributed by atoms with Gasteiger partial charge in [0.15, 0.2) is 0 Å². The van der Waals surface area contributed by atoms with E-state index in [0.29, 0.717) is 0 Å². The van der Waals surface area contributed by atoms with Gasteiger partial charge in [0.2, 0.25) is 0 Å². The van der Waals surface area contributed by atoms with Crippen molar-refractivity contribution in [2.75, 3.05) is 4.90 Å². The summed E-state index contributed by atoms with van der Waals surface area (Å²) in [7, 11) is 0. The number of benzene rings is 6. The summed E-state index contributed by atoms with van der Waals surface area (Å²) in [4.78, 5) is 25.7. The van der Waals surface area contributed by atoms with Gasteiger partial charge in [-0.15, -0.1) is 11.3 Å². The van der Waals surface area contributed by atoms with E-state index in [9.17, 15) is 0 Å². The molecule has 0 saturated carbocycles. The summed E-state index contributed by atoms with van der Waals surface area (Å²) < 4.78 is 0. The van der Waals surface area contributed by atoms with Crippen molar-refractivity contribution in [3.8, 4) is 34.0 Å². The molecule has 0 N–H and O–H groups in total. The van der Waals surface area contributed by atoms with Crippen LogP contribution in [0.1, 0.15) is 111 Å². The summed E-state index contributed by atoms with van der Waals surface area (Å²) >= 11 is 1.60. The van der Waals surface area contributed by atoms with Crippen LogP contribution in [-0.2, 0) is 29.1 Å². The molecule has 78 heavy (non-hydrogen) atoms. The molecule has 0 spiro atoms. The Morgan fingerprint density at radius 2 is 0.885 bits per heavy atom. The van der Waals surface area contributed by atoms with Crippen molar-refractivity contribution in [2.45, 2.75) is 118 Å². The van der Waals surface area contributed by atoms with Crippen LogP contribution in [0.5, 0.6) is 0 Å². The zero-order chi connectivity index (χ0) is 55.2. The number of pyridine rings is 4. The van der Waals surface area contributed by atoms with Crippen LogP contribution in [-0.4, -0.2) is 30.5 Å². The molecule has 6 nitrogen and oxygen atoms in total. The third-order valence-electron chi connectivity index (χ3n) is 14.0. The van der Waals surface area contributed by atoms with Crippen LogP contribution in [0.4, 0.5) is 11.4 Å². The Hall–Kier alpha value is -7.87. The molecule has 11 aromatic rings. The van der Waals surface area contributed by atoms with Gasteiger partial charge in [0, 0.05) is 55.6 Å². The summed E-state index contributed by atoms with van der Waals surface area (Å²) in [6, 6.07) is 65.6. The van der Waals surface area contributed by atoms with Crippen LogP contribution in [0, 0.1) is 0 Å². The number of nitrogens with zero attached hydrogens (tertiary/aromatic N) is 6. The molecular formula is C71H74N6S. The Kier molecular flexibility index (Phi) is 16.2. The molecule has 5 aromatic heterocycles. The first kappa shape index (κ1) is 54.9. The lowest BCUT2D eigenvalue weighted by atomic mass is 9.84. The van der Waals surface area contributed by atoms with E-state index >= 15 is 0 Å². The minimum atomic E-state index is 0.0321. The molecule has 6 aromatic carbocycles. The predicted octanol–water partition coefficient (Wildman–Crippen LogP) is 19.2. The second-order valence-corrected chi connectivity index (χ2v) is 24.9. The number of thiazole rings is 1. The zero-order valence-electron chi connectivity index (χ0n) is 47.6. The third kappa shape index (κ3) is 12.8. The first-order valence-electron chi connectivity index (χ1n) is 27.3. The molecule has 0 bridgehead atoms. The molecule has 6 heterocycles. The molecule has 1 aliphatic heterocycles. The molecule has 7 heteroatoms. The Balaban J connectivity index is 0.000000126. The van der Waals surface area contributed by atoms with E-state index in [0.717, 1.165) is 58.0 Å². The van der Waals surface area contributed by atoms with Crippen LogP contribution in [0.2, 0.25) is 0 Å². The first-order chi connectivity index (χ1) is 37.2. The summed E-state index contributed by atoms with van der Waals surface area (Å²) in [5.41, 5.74) is 19.6. The Bertz CT molecular complexity index is 3600. The van der Waals surface area contributed by atoms with E-state index < -0.39 is 0 Å². The van der Waals surface area contributed by atoms with E-state index in [2.05, 4.69) is 250 Å². The lowest BCUT2D eigenvalue weighted by Gasteiger charge is -2.39. The van der Waals surface area contributed by atoms with E-state index in [1.54, 1.807) is 11.3 Å². The summed E-state index contributed by atoms with van der Waals surface area (Å²) in [5.74, 6) is 0. The smallest absolute Gasteiger partial charge is 0.0995 e. The maximum absolute atomic E-state index is 4.94. The van der Waals surface area contributed by atoms with Crippen molar-refractivity contribution in [3.05, 3.63) is 233 Å². The molecule has 0 aliphatic carbocycles. The Labute approximate surface area is 467 Å². The Morgan fingerprint density at radius 3 is 1.38 bits per heavy atom. The number of rotatable bonds is 3. The van der Waals surface area contributed by atoms with E-state index in [4.69, 9.17) is 15.0 Å². The van der Waals surface area contributed by atoms with Crippen molar-refractivity contribution >= 4 is 55.3 Å².